The van der Waals surface area contributed by atoms with Crippen LogP contribution in [-0.4, -0.2) is 19.1 Å². The van der Waals surface area contributed by atoms with E-state index >= 15 is 0 Å². The molecule has 0 unspecified atom stereocenters. The number of hydrogen-bond acceptors (Lipinski definition) is 2. The van der Waals surface area contributed by atoms with Crippen molar-refractivity contribution in [1.82, 2.24) is 5.32 Å². The van der Waals surface area contributed by atoms with Crippen molar-refractivity contribution >= 4 is 21.6 Å². The number of rotatable bonds is 4. The van der Waals surface area contributed by atoms with Gasteiger partial charge in [0.05, 0.1) is 0 Å². The Labute approximate surface area is 131 Å². The van der Waals surface area contributed by atoms with E-state index in [1.54, 1.807) is 0 Å². The molecular weight excluding hydrogens is 312 g/mol. The molecule has 0 aromatic heterocycles. The molecule has 0 radical (unpaired) electrons. The number of anilines is 1. The second kappa shape index (κ2) is 5.69. The van der Waals surface area contributed by atoms with Crippen LogP contribution in [0.2, 0.25) is 0 Å². The van der Waals surface area contributed by atoms with Gasteiger partial charge in [0.1, 0.15) is 0 Å². The van der Waals surface area contributed by atoms with E-state index in [-0.39, 0.29) is 0 Å². The van der Waals surface area contributed by atoms with Gasteiger partial charge in [0, 0.05) is 35.8 Å². The van der Waals surface area contributed by atoms with Crippen molar-refractivity contribution in [2.75, 3.05) is 18.0 Å². The van der Waals surface area contributed by atoms with E-state index in [1.165, 1.54) is 54.5 Å². The molecule has 2 fully saturated rings. The van der Waals surface area contributed by atoms with Crippen LogP contribution in [0.4, 0.5) is 5.69 Å². The zero-order valence-electron chi connectivity index (χ0n) is 12.6. The van der Waals surface area contributed by atoms with Gasteiger partial charge >= 0.3 is 0 Å². The zero-order chi connectivity index (χ0) is 14.2. The van der Waals surface area contributed by atoms with Crippen LogP contribution >= 0.6 is 15.9 Å². The number of nitrogens with zero attached hydrogens (tertiary/aromatic N) is 1. The van der Waals surface area contributed by atoms with Gasteiger partial charge < -0.3 is 10.2 Å². The zero-order valence-corrected chi connectivity index (χ0v) is 14.2. The second-order valence-corrected chi connectivity index (χ2v) is 8.00. The Morgan fingerprint density at radius 2 is 1.95 bits per heavy atom. The van der Waals surface area contributed by atoms with Crippen LogP contribution in [0.15, 0.2) is 22.7 Å². The minimum atomic E-state index is 0.512. The van der Waals surface area contributed by atoms with Crippen molar-refractivity contribution in [3.63, 3.8) is 0 Å². The van der Waals surface area contributed by atoms with Crippen molar-refractivity contribution in [2.45, 2.75) is 52.1 Å². The number of piperidine rings is 1. The Morgan fingerprint density at radius 3 is 2.60 bits per heavy atom. The van der Waals surface area contributed by atoms with Gasteiger partial charge in [-0.3, -0.25) is 0 Å². The average molecular weight is 337 g/mol. The van der Waals surface area contributed by atoms with Crippen LogP contribution in [0.1, 0.15) is 45.1 Å². The first-order valence-electron chi connectivity index (χ1n) is 7.80. The molecule has 0 bridgehead atoms. The summed E-state index contributed by atoms with van der Waals surface area (Å²) in [7, 11) is 0. The molecule has 1 N–H and O–H groups in total. The Hall–Kier alpha value is -0.540. The highest BCUT2D eigenvalue weighted by Crippen LogP contribution is 2.34. The van der Waals surface area contributed by atoms with Crippen molar-refractivity contribution in [1.29, 1.82) is 0 Å². The highest BCUT2D eigenvalue weighted by molar-refractivity contribution is 9.10. The van der Waals surface area contributed by atoms with E-state index in [9.17, 15) is 0 Å². The lowest BCUT2D eigenvalue weighted by Gasteiger charge is -2.39. The molecule has 1 heterocycles. The fourth-order valence-corrected chi connectivity index (χ4v) is 3.31. The minimum absolute atomic E-state index is 0.512. The number of benzene rings is 1. The molecule has 1 aliphatic heterocycles. The topological polar surface area (TPSA) is 15.3 Å². The Bertz CT molecular complexity index is 470. The monoisotopic (exact) mass is 336 g/mol. The lowest BCUT2D eigenvalue weighted by molar-refractivity contribution is 0.279. The van der Waals surface area contributed by atoms with E-state index in [4.69, 9.17) is 0 Å². The van der Waals surface area contributed by atoms with Crippen LogP contribution in [-0.2, 0) is 6.54 Å². The fraction of sp³-hybridized carbons (Fsp3) is 0.647. The highest BCUT2D eigenvalue weighted by atomic mass is 79.9. The maximum atomic E-state index is 3.65. The molecular formula is C17H25BrN2. The summed E-state index contributed by atoms with van der Waals surface area (Å²) in [5, 5.41) is 3.65. The van der Waals surface area contributed by atoms with Gasteiger partial charge in [-0.15, -0.1) is 0 Å². The summed E-state index contributed by atoms with van der Waals surface area (Å²) >= 11 is 3.61. The Kier molecular flexibility index (Phi) is 4.09. The van der Waals surface area contributed by atoms with Crippen LogP contribution in [0.3, 0.4) is 0 Å². The second-order valence-electron chi connectivity index (χ2n) is 7.08. The van der Waals surface area contributed by atoms with E-state index in [1.807, 2.05) is 0 Å². The fourth-order valence-electron chi connectivity index (χ4n) is 2.90. The van der Waals surface area contributed by atoms with Crippen LogP contribution in [0.5, 0.6) is 0 Å². The molecule has 1 saturated heterocycles. The van der Waals surface area contributed by atoms with Gasteiger partial charge in [0.2, 0.25) is 0 Å². The van der Waals surface area contributed by atoms with Crippen molar-refractivity contribution in [3.05, 3.63) is 28.2 Å². The summed E-state index contributed by atoms with van der Waals surface area (Å²) in [5.41, 5.74) is 3.38. The summed E-state index contributed by atoms with van der Waals surface area (Å²) in [5.74, 6) is 0. The number of hydrogen-bond donors (Lipinski definition) is 1. The van der Waals surface area contributed by atoms with Crippen molar-refractivity contribution < 1.29 is 0 Å². The van der Waals surface area contributed by atoms with Crippen LogP contribution < -0.4 is 10.2 Å². The van der Waals surface area contributed by atoms with E-state index in [2.05, 4.69) is 58.2 Å². The molecule has 3 heteroatoms. The molecule has 1 aliphatic carbocycles. The molecule has 2 nitrogen and oxygen atoms in total. The Morgan fingerprint density at radius 1 is 1.25 bits per heavy atom. The van der Waals surface area contributed by atoms with Gasteiger partial charge in [-0.05, 0) is 54.9 Å². The largest absolute Gasteiger partial charge is 0.371 e. The molecule has 2 aliphatic rings. The predicted octanol–water partition coefficient (Wildman–Crippen LogP) is 4.33. The van der Waals surface area contributed by atoms with Crippen molar-refractivity contribution in [3.8, 4) is 0 Å². The van der Waals surface area contributed by atoms with Gasteiger partial charge in [0.15, 0.2) is 0 Å². The smallest absolute Gasteiger partial charge is 0.0412 e. The summed E-state index contributed by atoms with van der Waals surface area (Å²) in [6.07, 6.45) is 5.28. The third-order valence-corrected chi connectivity index (χ3v) is 5.15. The molecule has 0 atom stereocenters. The third-order valence-electron chi connectivity index (χ3n) is 4.66. The molecule has 0 amide bonds. The van der Waals surface area contributed by atoms with Gasteiger partial charge in [-0.25, -0.2) is 0 Å². The SMILES string of the molecule is CC1(C)CCN(c2ccc(Br)cc2CNC2CC2)CC1. The average Bonchev–Trinajstić information content (AvgIpc) is 3.21. The maximum absolute atomic E-state index is 3.65. The van der Waals surface area contributed by atoms with Gasteiger partial charge in [-0.2, -0.15) is 0 Å². The number of halogens is 1. The highest BCUT2D eigenvalue weighted by Gasteiger charge is 2.27. The third kappa shape index (κ3) is 3.56. The van der Waals surface area contributed by atoms with E-state index < -0.39 is 0 Å². The first-order chi connectivity index (χ1) is 9.53. The molecule has 20 heavy (non-hydrogen) atoms. The van der Waals surface area contributed by atoms with Crippen LogP contribution in [0.25, 0.3) is 0 Å². The Balaban J connectivity index is 1.73. The molecule has 110 valence electrons. The molecule has 0 spiro atoms. The van der Waals surface area contributed by atoms with Crippen LogP contribution in [0, 0.1) is 5.41 Å². The maximum Gasteiger partial charge on any atom is 0.0412 e. The quantitative estimate of drug-likeness (QED) is 0.880. The molecule has 1 aromatic rings. The van der Waals surface area contributed by atoms with Crippen molar-refractivity contribution in [2.24, 2.45) is 5.41 Å². The summed E-state index contributed by atoms with van der Waals surface area (Å²) in [4.78, 5) is 2.57. The van der Waals surface area contributed by atoms with E-state index in [0.29, 0.717) is 5.41 Å². The predicted molar refractivity (Wildman–Crippen MR) is 89.2 cm³/mol. The standard InChI is InChI=1S/C17H25BrN2/c1-17(2)7-9-20(10-8-17)16-6-3-14(18)11-13(16)12-19-15-4-5-15/h3,6,11,15,19H,4-5,7-10,12H2,1-2H3. The lowest BCUT2D eigenvalue weighted by atomic mass is 9.82. The summed E-state index contributed by atoms with van der Waals surface area (Å²) < 4.78 is 1.19. The minimum Gasteiger partial charge on any atom is -0.371 e. The molecule has 1 saturated carbocycles. The van der Waals surface area contributed by atoms with Gasteiger partial charge in [-0.1, -0.05) is 29.8 Å². The number of nitrogens with one attached hydrogen (secondary N) is 1. The first kappa shape index (κ1) is 14.4. The van der Waals surface area contributed by atoms with E-state index in [0.717, 1.165) is 12.6 Å². The normalized spacial score (nSPS) is 22.1. The first-order valence-corrected chi connectivity index (χ1v) is 8.60. The molecule has 3 rings (SSSR count). The lowest BCUT2D eigenvalue weighted by Crippen LogP contribution is -2.38. The summed E-state index contributed by atoms with van der Waals surface area (Å²) in [6, 6.07) is 7.51. The van der Waals surface area contributed by atoms with Gasteiger partial charge in [0.25, 0.3) is 0 Å². The molecule has 1 aromatic carbocycles. The summed E-state index contributed by atoms with van der Waals surface area (Å²) in [6.45, 7) is 8.15.